The normalized spacial score (nSPS) is 15.0. The van der Waals surface area contributed by atoms with Gasteiger partial charge in [0.15, 0.2) is 0 Å². The van der Waals surface area contributed by atoms with E-state index in [4.69, 9.17) is 16.3 Å². The van der Waals surface area contributed by atoms with Crippen molar-refractivity contribution in [3.05, 3.63) is 38.9 Å². The molecule has 0 atom stereocenters. The smallest absolute Gasteiger partial charge is 0.255 e. The minimum Gasteiger partial charge on any atom is -0.496 e. The molecule has 2 amide bonds. The average Bonchev–Trinajstić information content (AvgIpc) is 2.61. The highest BCUT2D eigenvalue weighted by Gasteiger charge is 2.22. The van der Waals surface area contributed by atoms with Crippen molar-refractivity contribution in [2.24, 2.45) is 5.92 Å². The Kier molecular flexibility index (Phi) is 6.91. The first-order valence-electron chi connectivity index (χ1n) is 7.68. The van der Waals surface area contributed by atoms with Crippen molar-refractivity contribution in [2.75, 3.05) is 26.7 Å². The second-order valence-electron chi connectivity index (χ2n) is 5.65. The molecule has 0 spiro atoms. The first-order valence-corrected chi connectivity index (χ1v) is 9.14. The summed E-state index contributed by atoms with van der Waals surface area (Å²) in [6.07, 6.45) is 3.08. The van der Waals surface area contributed by atoms with Crippen LogP contribution in [0.5, 0.6) is 5.75 Å². The molecule has 0 aliphatic carbocycles. The minimum absolute atomic E-state index is 0.0297. The Hall–Kier alpha value is -1.28. The molecular formula is C17H20ClIN2O3. The van der Waals surface area contributed by atoms with Gasteiger partial charge in [0.2, 0.25) is 5.91 Å². The van der Waals surface area contributed by atoms with E-state index in [-0.39, 0.29) is 11.8 Å². The van der Waals surface area contributed by atoms with Crippen LogP contribution in [0.15, 0.2) is 24.8 Å². The topological polar surface area (TPSA) is 58.6 Å². The summed E-state index contributed by atoms with van der Waals surface area (Å²) < 4.78 is 6.05. The fraction of sp³-hybridized carbons (Fsp3) is 0.412. The lowest BCUT2D eigenvalue weighted by Crippen LogP contribution is -2.40. The zero-order valence-electron chi connectivity index (χ0n) is 13.5. The molecule has 2 rings (SSSR count). The van der Waals surface area contributed by atoms with Crippen LogP contribution in [0.4, 0.5) is 0 Å². The standard InChI is InChI=1S/C17H20ClIN2O3/c1-3-16(22)21-6-4-11(5-7-21)10-20-17(23)12-8-14(19)13(18)9-15(12)24-2/h3,8-9,11H,1,4-7,10H2,2H3,(H,20,23). The maximum Gasteiger partial charge on any atom is 0.255 e. The van der Waals surface area contributed by atoms with Crippen LogP contribution in [0.25, 0.3) is 0 Å². The van der Waals surface area contributed by atoms with E-state index in [2.05, 4.69) is 34.5 Å². The SMILES string of the molecule is C=CC(=O)N1CCC(CNC(=O)c2cc(I)c(Cl)cc2OC)CC1. The van der Waals surface area contributed by atoms with Gasteiger partial charge in [0.1, 0.15) is 5.75 Å². The van der Waals surface area contributed by atoms with Gasteiger partial charge in [-0.1, -0.05) is 18.2 Å². The Morgan fingerprint density at radius 2 is 2.12 bits per heavy atom. The van der Waals surface area contributed by atoms with E-state index >= 15 is 0 Å². The highest BCUT2D eigenvalue weighted by molar-refractivity contribution is 14.1. The Bertz CT molecular complexity index is 643. The molecule has 0 aromatic heterocycles. The molecule has 1 saturated heterocycles. The van der Waals surface area contributed by atoms with Gasteiger partial charge in [-0.15, -0.1) is 0 Å². The van der Waals surface area contributed by atoms with E-state index in [1.54, 1.807) is 17.0 Å². The van der Waals surface area contributed by atoms with Gasteiger partial charge in [0.05, 0.1) is 17.7 Å². The van der Waals surface area contributed by atoms with Crippen LogP contribution >= 0.6 is 34.2 Å². The van der Waals surface area contributed by atoms with Gasteiger partial charge in [0, 0.05) is 29.3 Å². The van der Waals surface area contributed by atoms with Gasteiger partial charge in [-0.2, -0.15) is 0 Å². The molecule has 1 aromatic rings. The second-order valence-corrected chi connectivity index (χ2v) is 7.22. The molecule has 24 heavy (non-hydrogen) atoms. The van der Waals surface area contributed by atoms with Gasteiger partial charge in [-0.3, -0.25) is 9.59 Å². The first kappa shape index (κ1) is 19.1. The molecule has 1 aliphatic heterocycles. The lowest BCUT2D eigenvalue weighted by molar-refractivity contribution is -0.127. The summed E-state index contributed by atoms with van der Waals surface area (Å²) in [5, 5.41) is 3.52. The molecule has 5 nitrogen and oxygen atoms in total. The third kappa shape index (κ3) is 4.63. The molecule has 7 heteroatoms. The summed E-state index contributed by atoms with van der Waals surface area (Å²) in [6.45, 7) is 5.49. The number of hydrogen-bond donors (Lipinski definition) is 1. The summed E-state index contributed by atoms with van der Waals surface area (Å²) >= 11 is 8.15. The predicted octanol–water partition coefficient (Wildman–Crippen LogP) is 3.11. The number of amides is 2. The number of likely N-dealkylation sites (tertiary alicyclic amines) is 1. The van der Waals surface area contributed by atoms with Gasteiger partial charge in [-0.05, 0) is 53.5 Å². The number of ether oxygens (including phenoxy) is 1. The number of nitrogens with zero attached hydrogens (tertiary/aromatic N) is 1. The Balaban J connectivity index is 1.91. The monoisotopic (exact) mass is 462 g/mol. The third-order valence-corrected chi connectivity index (χ3v) is 5.66. The predicted molar refractivity (Wildman–Crippen MR) is 103 cm³/mol. The first-order chi connectivity index (χ1) is 11.5. The van der Waals surface area contributed by atoms with Crippen LogP contribution in [0.1, 0.15) is 23.2 Å². The lowest BCUT2D eigenvalue weighted by atomic mass is 9.96. The highest BCUT2D eigenvalue weighted by Crippen LogP contribution is 2.28. The van der Waals surface area contributed by atoms with Crippen molar-refractivity contribution < 1.29 is 14.3 Å². The van der Waals surface area contributed by atoms with Gasteiger partial charge < -0.3 is 15.0 Å². The summed E-state index contributed by atoms with van der Waals surface area (Å²) in [4.78, 5) is 25.8. The van der Waals surface area contributed by atoms with Crippen molar-refractivity contribution in [1.82, 2.24) is 10.2 Å². The van der Waals surface area contributed by atoms with Crippen LogP contribution in [0.2, 0.25) is 5.02 Å². The molecule has 130 valence electrons. The molecule has 0 bridgehead atoms. The zero-order chi connectivity index (χ0) is 17.7. The van der Waals surface area contributed by atoms with E-state index < -0.39 is 0 Å². The highest BCUT2D eigenvalue weighted by atomic mass is 127. The van der Waals surface area contributed by atoms with Crippen LogP contribution < -0.4 is 10.1 Å². The Labute approximate surface area is 160 Å². The maximum atomic E-state index is 12.4. The molecule has 0 radical (unpaired) electrons. The molecule has 1 fully saturated rings. The number of halogens is 2. The van der Waals surface area contributed by atoms with E-state index in [1.165, 1.54) is 13.2 Å². The zero-order valence-corrected chi connectivity index (χ0v) is 16.4. The third-order valence-electron chi connectivity index (χ3n) is 4.14. The number of piperidine rings is 1. The molecule has 1 aromatic carbocycles. The summed E-state index contributed by atoms with van der Waals surface area (Å²) in [7, 11) is 1.52. The molecule has 1 aliphatic rings. The van der Waals surface area contributed by atoms with Crippen molar-refractivity contribution in [1.29, 1.82) is 0 Å². The number of carbonyl (C=O) groups is 2. The number of nitrogens with one attached hydrogen (secondary N) is 1. The number of methoxy groups -OCH3 is 1. The van der Waals surface area contributed by atoms with E-state index in [0.717, 1.165) is 16.4 Å². The van der Waals surface area contributed by atoms with E-state index in [9.17, 15) is 9.59 Å². The van der Waals surface area contributed by atoms with Gasteiger partial charge in [-0.25, -0.2) is 0 Å². The van der Waals surface area contributed by atoms with Crippen molar-refractivity contribution in [3.8, 4) is 5.75 Å². The number of benzene rings is 1. The summed E-state index contributed by atoms with van der Waals surface area (Å²) in [6, 6.07) is 3.38. The van der Waals surface area contributed by atoms with E-state index in [1.807, 2.05) is 0 Å². The van der Waals surface area contributed by atoms with Crippen molar-refractivity contribution in [3.63, 3.8) is 0 Å². The van der Waals surface area contributed by atoms with Crippen LogP contribution in [0.3, 0.4) is 0 Å². The van der Waals surface area contributed by atoms with Crippen LogP contribution in [-0.4, -0.2) is 43.5 Å². The minimum atomic E-state index is -0.175. The largest absolute Gasteiger partial charge is 0.496 e. The fourth-order valence-corrected chi connectivity index (χ4v) is 3.31. The maximum absolute atomic E-state index is 12.4. The quantitative estimate of drug-likeness (QED) is 0.540. The fourth-order valence-electron chi connectivity index (χ4n) is 2.69. The summed E-state index contributed by atoms with van der Waals surface area (Å²) in [5.74, 6) is 0.619. The molecule has 1 N–H and O–H groups in total. The van der Waals surface area contributed by atoms with Crippen molar-refractivity contribution in [2.45, 2.75) is 12.8 Å². The Morgan fingerprint density at radius 3 is 2.71 bits per heavy atom. The molecule has 0 saturated carbocycles. The number of rotatable bonds is 5. The lowest BCUT2D eigenvalue weighted by Gasteiger charge is -2.31. The number of carbonyl (C=O) groups excluding carboxylic acids is 2. The van der Waals surface area contributed by atoms with Crippen molar-refractivity contribution >= 4 is 46.0 Å². The molecule has 1 heterocycles. The van der Waals surface area contributed by atoms with Crippen LogP contribution in [0, 0.1) is 9.49 Å². The molecule has 0 unspecified atom stereocenters. The van der Waals surface area contributed by atoms with Gasteiger partial charge in [0.25, 0.3) is 5.91 Å². The second kappa shape index (κ2) is 8.71. The summed E-state index contributed by atoms with van der Waals surface area (Å²) in [5.41, 5.74) is 0.477. The van der Waals surface area contributed by atoms with Gasteiger partial charge >= 0.3 is 0 Å². The molecular weight excluding hydrogens is 443 g/mol. The van der Waals surface area contributed by atoms with Crippen LogP contribution in [-0.2, 0) is 4.79 Å². The average molecular weight is 463 g/mol. The Morgan fingerprint density at radius 1 is 1.46 bits per heavy atom. The number of hydrogen-bond acceptors (Lipinski definition) is 3. The van der Waals surface area contributed by atoms with E-state index in [0.29, 0.717) is 41.9 Å².